The molecular weight excluding hydrogens is 326 g/mol. The molecule has 1 fully saturated rings. The van der Waals surface area contributed by atoms with Gasteiger partial charge in [-0.2, -0.15) is 0 Å². The van der Waals surface area contributed by atoms with Crippen molar-refractivity contribution in [1.82, 2.24) is 10.3 Å². The summed E-state index contributed by atoms with van der Waals surface area (Å²) in [6.45, 7) is 2.32. The monoisotopic (exact) mass is 343 g/mol. The van der Waals surface area contributed by atoms with Crippen molar-refractivity contribution in [2.75, 3.05) is 5.32 Å². The third kappa shape index (κ3) is 3.92. The minimum atomic E-state index is -0.280. The lowest BCUT2D eigenvalue weighted by molar-refractivity contribution is -0.125. The maximum Gasteiger partial charge on any atom is 0.228 e. The predicted octanol–water partition coefficient (Wildman–Crippen LogP) is 2.93. The highest BCUT2D eigenvalue weighted by Gasteiger charge is 2.47. The first-order valence-corrected chi connectivity index (χ1v) is 8.16. The molecule has 1 aliphatic rings. The quantitative estimate of drug-likeness (QED) is 0.876. The normalized spacial score (nSPS) is 18.8. The molecule has 2 atom stereocenters. The molecule has 1 aliphatic carbocycles. The third-order valence-electron chi connectivity index (χ3n) is 4.11. The molecule has 3 rings (SSSR count). The Hall–Kier alpha value is -2.40. The zero-order chi connectivity index (χ0) is 17.1. The molecule has 0 radical (unpaired) electrons. The van der Waals surface area contributed by atoms with Crippen LogP contribution in [0.5, 0.6) is 0 Å². The number of anilines is 1. The highest BCUT2D eigenvalue weighted by atomic mass is 35.5. The molecule has 1 heterocycles. The van der Waals surface area contributed by atoms with Gasteiger partial charge in [0.2, 0.25) is 11.8 Å². The first kappa shape index (κ1) is 16.5. The maximum absolute atomic E-state index is 12.3. The van der Waals surface area contributed by atoms with Crippen molar-refractivity contribution in [3.05, 3.63) is 58.9 Å². The number of carbonyl (C=O) groups excluding carboxylic acids is 2. The molecule has 0 saturated heterocycles. The van der Waals surface area contributed by atoms with Gasteiger partial charge in [0.15, 0.2) is 0 Å². The maximum atomic E-state index is 12.3. The van der Waals surface area contributed by atoms with Crippen LogP contribution >= 0.6 is 11.6 Å². The van der Waals surface area contributed by atoms with Gasteiger partial charge in [-0.05, 0) is 42.7 Å². The lowest BCUT2D eigenvalue weighted by atomic mass is 10.2. The summed E-state index contributed by atoms with van der Waals surface area (Å²) in [5.41, 5.74) is 2.56. The summed E-state index contributed by atoms with van der Waals surface area (Å²) in [5.74, 6) is -0.776. The van der Waals surface area contributed by atoms with Gasteiger partial charge in [0.25, 0.3) is 0 Å². The number of aromatic nitrogens is 1. The molecule has 124 valence electrons. The lowest BCUT2D eigenvalue weighted by Gasteiger charge is -2.09. The van der Waals surface area contributed by atoms with E-state index in [9.17, 15) is 9.59 Å². The van der Waals surface area contributed by atoms with Crippen LogP contribution in [0.15, 0.2) is 42.7 Å². The van der Waals surface area contributed by atoms with Crippen molar-refractivity contribution in [2.45, 2.75) is 19.9 Å². The molecule has 2 unspecified atom stereocenters. The lowest BCUT2D eigenvalue weighted by Crippen LogP contribution is -2.27. The van der Waals surface area contributed by atoms with Gasteiger partial charge in [0.1, 0.15) is 0 Å². The van der Waals surface area contributed by atoms with E-state index in [4.69, 9.17) is 11.6 Å². The number of amides is 2. The number of hydrogen-bond acceptors (Lipinski definition) is 3. The Morgan fingerprint density at radius 2 is 2.04 bits per heavy atom. The number of halogens is 1. The standard InChI is InChI=1S/C18H18ClN3O2/c1-11-4-5-13(19)7-16(11)22-18(24)15-8-14(15)17(23)21-10-12-3-2-6-20-9-12/h2-7,9,14-15H,8,10H2,1H3,(H,21,23)(H,22,24). The Kier molecular flexibility index (Phi) is 4.81. The topological polar surface area (TPSA) is 71.1 Å². The molecule has 2 aromatic rings. The Bertz CT molecular complexity index is 764. The summed E-state index contributed by atoms with van der Waals surface area (Å²) in [4.78, 5) is 28.4. The highest BCUT2D eigenvalue weighted by Crippen LogP contribution is 2.39. The second-order valence-electron chi connectivity index (χ2n) is 5.98. The van der Waals surface area contributed by atoms with Gasteiger partial charge < -0.3 is 10.6 Å². The van der Waals surface area contributed by atoms with E-state index < -0.39 is 0 Å². The average molecular weight is 344 g/mol. The average Bonchev–Trinajstić information content (AvgIpc) is 3.38. The van der Waals surface area contributed by atoms with E-state index in [2.05, 4.69) is 15.6 Å². The Morgan fingerprint density at radius 1 is 1.25 bits per heavy atom. The fourth-order valence-electron chi connectivity index (χ4n) is 2.55. The summed E-state index contributed by atoms with van der Waals surface area (Å²) >= 11 is 5.95. The van der Waals surface area contributed by atoms with E-state index in [0.717, 1.165) is 11.1 Å². The largest absolute Gasteiger partial charge is 0.352 e. The van der Waals surface area contributed by atoms with Crippen LogP contribution in [0.3, 0.4) is 0 Å². The van der Waals surface area contributed by atoms with E-state index in [1.807, 2.05) is 25.1 Å². The van der Waals surface area contributed by atoms with Crippen molar-refractivity contribution in [1.29, 1.82) is 0 Å². The smallest absolute Gasteiger partial charge is 0.228 e. The fraction of sp³-hybridized carbons (Fsp3) is 0.278. The van der Waals surface area contributed by atoms with Crippen molar-refractivity contribution in [2.24, 2.45) is 11.8 Å². The van der Waals surface area contributed by atoms with Gasteiger partial charge in [-0.15, -0.1) is 0 Å². The number of hydrogen-bond donors (Lipinski definition) is 2. The van der Waals surface area contributed by atoms with Crippen molar-refractivity contribution >= 4 is 29.1 Å². The number of rotatable bonds is 5. The molecule has 1 aromatic carbocycles. The van der Waals surface area contributed by atoms with Crippen LogP contribution in [0, 0.1) is 18.8 Å². The van der Waals surface area contributed by atoms with Crippen molar-refractivity contribution in [3.63, 3.8) is 0 Å². The van der Waals surface area contributed by atoms with Gasteiger partial charge in [0, 0.05) is 29.6 Å². The minimum Gasteiger partial charge on any atom is -0.352 e. The SMILES string of the molecule is Cc1ccc(Cl)cc1NC(=O)C1CC1C(=O)NCc1cccnc1. The number of benzene rings is 1. The van der Waals surface area contributed by atoms with Gasteiger partial charge in [-0.1, -0.05) is 23.7 Å². The summed E-state index contributed by atoms with van der Waals surface area (Å²) in [7, 11) is 0. The molecule has 2 amide bonds. The van der Waals surface area contributed by atoms with Crippen LogP contribution < -0.4 is 10.6 Å². The zero-order valence-corrected chi connectivity index (χ0v) is 14.0. The van der Waals surface area contributed by atoms with E-state index in [0.29, 0.717) is 23.7 Å². The van der Waals surface area contributed by atoms with E-state index in [1.54, 1.807) is 24.5 Å². The Balaban J connectivity index is 1.52. The van der Waals surface area contributed by atoms with Crippen LogP contribution in [0.25, 0.3) is 0 Å². The van der Waals surface area contributed by atoms with Gasteiger partial charge >= 0.3 is 0 Å². The zero-order valence-electron chi connectivity index (χ0n) is 13.3. The van der Waals surface area contributed by atoms with E-state index in [-0.39, 0.29) is 23.7 Å². The number of nitrogens with one attached hydrogen (secondary N) is 2. The fourth-order valence-corrected chi connectivity index (χ4v) is 2.72. The van der Waals surface area contributed by atoms with Gasteiger partial charge in [0.05, 0.1) is 11.8 Å². The van der Waals surface area contributed by atoms with E-state index >= 15 is 0 Å². The summed E-state index contributed by atoms with van der Waals surface area (Å²) in [5, 5.41) is 6.28. The molecule has 0 spiro atoms. The molecule has 1 aromatic heterocycles. The molecule has 0 aliphatic heterocycles. The highest BCUT2D eigenvalue weighted by molar-refractivity contribution is 6.31. The predicted molar refractivity (Wildman–Crippen MR) is 92.5 cm³/mol. The van der Waals surface area contributed by atoms with Crippen LogP contribution in [0.1, 0.15) is 17.5 Å². The van der Waals surface area contributed by atoms with Crippen LogP contribution in [0.2, 0.25) is 5.02 Å². The third-order valence-corrected chi connectivity index (χ3v) is 4.35. The van der Waals surface area contributed by atoms with E-state index in [1.165, 1.54) is 0 Å². The summed E-state index contributed by atoms with van der Waals surface area (Å²) in [6, 6.07) is 9.06. The molecule has 0 bridgehead atoms. The molecule has 24 heavy (non-hydrogen) atoms. The van der Waals surface area contributed by atoms with Gasteiger partial charge in [-0.3, -0.25) is 14.6 Å². The Labute approximate surface area is 145 Å². The van der Waals surface area contributed by atoms with Crippen molar-refractivity contribution < 1.29 is 9.59 Å². The molecular formula is C18H18ClN3O2. The van der Waals surface area contributed by atoms with Crippen LogP contribution in [-0.2, 0) is 16.1 Å². The number of carbonyl (C=O) groups is 2. The second-order valence-corrected chi connectivity index (χ2v) is 6.41. The summed E-state index contributed by atoms with van der Waals surface area (Å²) < 4.78 is 0. The van der Waals surface area contributed by atoms with Gasteiger partial charge in [-0.25, -0.2) is 0 Å². The Morgan fingerprint density at radius 3 is 2.79 bits per heavy atom. The summed E-state index contributed by atoms with van der Waals surface area (Å²) in [6.07, 6.45) is 3.97. The molecule has 2 N–H and O–H groups in total. The first-order chi connectivity index (χ1) is 11.5. The number of nitrogens with zero attached hydrogens (tertiary/aromatic N) is 1. The number of aryl methyl sites for hydroxylation is 1. The molecule has 6 heteroatoms. The van der Waals surface area contributed by atoms with Crippen LogP contribution in [0.4, 0.5) is 5.69 Å². The molecule has 5 nitrogen and oxygen atoms in total. The number of pyridine rings is 1. The first-order valence-electron chi connectivity index (χ1n) is 7.78. The van der Waals surface area contributed by atoms with Crippen molar-refractivity contribution in [3.8, 4) is 0 Å². The molecule has 1 saturated carbocycles. The minimum absolute atomic E-state index is 0.0955. The van der Waals surface area contributed by atoms with Crippen LogP contribution in [-0.4, -0.2) is 16.8 Å². The second kappa shape index (κ2) is 7.01.